The van der Waals surface area contributed by atoms with Crippen molar-refractivity contribution in [2.24, 2.45) is 23.7 Å². The maximum absolute atomic E-state index is 4.12. The van der Waals surface area contributed by atoms with Crippen molar-refractivity contribution in [2.45, 2.75) is 89.9 Å². The molecule has 136 valence electrons. The van der Waals surface area contributed by atoms with E-state index in [1.54, 1.807) is 0 Å². The van der Waals surface area contributed by atoms with Gasteiger partial charge in [-0.2, -0.15) is 0 Å². The van der Waals surface area contributed by atoms with Gasteiger partial charge >= 0.3 is 0 Å². The highest BCUT2D eigenvalue weighted by Gasteiger charge is 2.50. The van der Waals surface area contributed by atoms with Gasteiger partial charge in [-0.15, -0.1) is 0 Å². The van der Waals surface area contributed by atoms with Crippen LogP contribution in [-0.4, -0.2) is 13.8 Å². The third-order valence-electron chi connectivity index (χ3n) is 6.69. The van der Waals surface area contributed by atoms with Gasteiger partial charge in [-0.1, -0.05) is 69.5 Å². The molecule has 2 fully saturated rings. The van der Waals surface area contributed by atoms with Crippen LogP contribution in [0.5, 0.6) is 0 Å². The molecule has 0 saturated heterocycles. The third-order valence-corrected chi connectivity index (χ3v) is 10.6. The lowest BCUT2D eigenvalue weighted by Gasteiger charge is -2.43. The second-order valence-electron chi connectivity index (χ2n) is 10.4. The van der Waals surface area contributed by atoms with E-state index in [9.17, 15) is 0 Å². The summed E-state index contributed by atoms with van der Waals surface area (Å²) in [5.41, 5.74) is 1.13. The topological polar surface area (TPSA) is 12.0 Å². The normalized spacial score (nSPS) is 34.5. The molecule has 2 heteroatoms. The Kier molecular flexibility index (Phi) is 5.47. The van der Waals surface area contributed by atoms with Crippen LogP contribution in [0.2, 0.25) is 18.6 Å². The maximum atomic E-state index is 4.12. The van der Waals surface area contributed by atoms with E-state index < -0.39 is 8.24 Å². The van der Waals surface area contributed by atoms with Crippen molar-refractivity contribution in [3.05, 3.63) is 24.3 Å². The predicted molar refractivity (Wildman–Crippen MR) is 109 cm³/mol. The van der Waals surface area contributed by atoms with E-state index in [-0.39, 0.29) is 5.54 Å². The lowest BCUT2D eigenvalue weighted by molar-refractivity contribution is 0.283. The first-order chi connectivity index (χ1) is 11.3. The van der Waals surface area contributed by atoms with Crippen LogP contribution in [0.15, 0.2) is 24.3 Å². The number of nitrogens with one attached hydrogen (secondary N) is 1. The number of allylic oxidation sites excluding steroid dienone is 4. The summed E-state index contributed by atoms with van der Waals surface area (Å²) in [4.78, 5) is 4.12. The van der Waals surface area contributed by atoms with Gasteiger partial charge in [0.05, 0.1) is 0 Å². The summed E-state index contributed by atoms with van der Waals surface area (Å²) in [6, 6.07) is 0. The summed E-state index contributed by atoms with van der Waals surface area (Å²) in [6.07, 6.45) is 20.1. The van der Waals surface area contributed by atoms with Gasteiger partial charge < -0.3 is 4.98 Å². The van der Waals surface area contributed by atoms with Crippen LogP contribution >= 0.6 is 0 Å². The number of hydrogen-bond acceptors (Lipinski definition) is 1. The van der Waals surface area contributed by atoms with E-state index in [0.29, 0.717) is 0 Å². The summed E-state index contributed by atoms with van der Waals surface area (Å²) in [6.45, 7) is 12.2. The highest BCUT2D eigenvalue weighted by Crippen LogP contribution is 2.55. The molecule has 0 amide bonds. The van der Waals surface area contributed by atoms with Gasteiger partial charge in [-0.25, -0.2) is 0 Å². The molecule has 3 aliphatic carbocycles. The van der Waals surface area contributed by atoms with Crippen LogP contribution in [0.4, 0.5) is 0 Å². The Morgan fingerprint density at radius 2 is 1.67 bits per heavy atom. The van der Waals surface area contributed by atoms with Crippen LogP contribution in [0.3, 0.4) is 0 Å². The van der Waals surface area contributed by atoms with Crippen LogP contribution in [-0.2, 0) is 0 Å². The average Bonchev–Trinajstić information content (AvgIpc) is 2.84. The fourth-order valence-corrected chi connectivity index (χ4v) is 11.2. The van der Waals surface area contributed by atoms with Gasteiger partial charge in [-0.05, 0) is 62.8 Å². The minimum absolute atomic E-state index is 0.234. The molecule has 0 aromatic rings. The van der Waals surface area contributed by atoms with E-state index >= 15 is 0 Å². The SMILES string of the molecule is CC(C)(C)N[Si](C)(C)C1C(CC2CCCCC2)CC2C=CC=CC21. The monoisotopic (exact) mass is 345 g/mol. The lowest BCUT2D eigenvalue weighted by Crippen LogP contribution is -2.58. The molecule has 4 unspecified atom stereocenters. The first-order valence-corrected chi connectivity index (χ1v) is 13.5. The van der Waals surface area contributed by atoms with Crippen molar-refractivity contribution < 1.29 is 0 Å². The van der Waals surface area contributed by atoms with Crippen molar-refractivity contribution in [1.82, 2.24) is 4.98 Å². The number of hydrogen-bond donors (Lipinski definition) is 1. The molecule has 24 heavy (non-hydrogen) atoms. The second-order valence-corrected chi connectivity index (χ2v) is 14.7. The Morgan fingerprint density at radius 1 is 1.00 bits per heavy atom. The summed E-state index contributed by atoms with van der Waals surface area (Å²) in [5, 5.41) is 0. The maximum Gasteiger partial charge on any atom is 0.123 e. The average molecular weight is 346 g/mol. The fraction of sp³-hybridized carbons (Fsp3) is 0.818. The smallest absolute Gasteiger partial charge is 0.123 e. The molecule has 3 aliphatic rings. The van der Waals surface area contributed by atoms with E-state index in [1.165, 1.54) is 44.9 Å². The number of rotatable bonds is 4. The molecular weight excluding hydrogens is 306 g/mol. The standard InChI is InChI=1S/C22H39NSi/c1-22(2,3)23-24(4,5)21-19(15-17-11-7-6-8-12-17)16-18-13-9-10-14-20(18)21/h9-10,13-14,17-21,23H,6-8,11-12,15-16H2,1-5H3. The summed E-state index contributed by atoms with van der Waals surface area (Å²) in [5.74, 6) is 3.55. The quantitative estimate of drug-likeness (QED) is 0.590. The summed E-state index contributed by atoms with van der Waals surface area (Å²) < 4.78 is 0. The minimum atomic E-state index is -1.50. The minimum Gasteiger partial charge on any atom is -0.332 e. The molecule has 3 rings (SSSR count). The van der Waals surface area contributed by atoms with Crippen LogP contribution in [0.25, 0.3) is 0 Å². The van der Waals surface area contributed by atoms with Crippen molar-refractivity contribution in [1.29, 1.82) is 0 Å². The van der Waals surface area contributed by atoms with Gasteiger partial charge in [0.2, 0.25) is 0 Å². The largest absolute Gasteiger partial charge is 0.332 e. The van der Waals surface area contributed by atoms with Gasteiger partial charge in [-0.3, -0.25) is 0 Å². The Hall–Kier alpha value is -0.343. The third kappa shape index (κ3) is 4.25. The summed E-state index contributed by atoms with van der Waals surface area (Å²) in [7, 11) is -1.50. The van der Waals surface area contributed by atoms with Gasteiger partial charge in [0.25, 0.3) is 0 Å². The Labute approximate surface area is 151 Å². The highest BCUT2D eigenvalue weighted by atomic mass is 28.3. The fourth-order valence-electron chi connectivity index (χ4n) is 6.32. The molecule has 1 N–H and O–H groups in total. The molecular formula is C22H39NSi. The Morgan fingerprint density at radius 3 is 2.33 bits per heavy atom. The van der Waals surface area contributed by atoms with Crippen molar-refractivity contribution in [3.63, 3.8) is 0 Å². The molecule has 0 aromatic carbocycles. The molecule has 0 heterocycles. The second kappa shape index (κ2) is 7.11. The van der Waals surface area contributed by atoms with Crippen molar-refractivity contribution in [2.75, 3.05) is 0 Å². The first-order valence-electron chi connectivity index (χ1n) is 10.4. The van der Waals surface area contributed by atoms with E-state index in [4.69, 9.17) is 0 Å². The summed E-state index contributed by atoms with van der Waals surface area (Å²) >= 11 is 0. The molecule has 4 atom stereocenters. The zero-order valence-electron chi connectivity index (χ0n) is 16.6. The van der Waals surface area contributed by atoms with E-state index in [0.717, 1.165) is 29.2 Å². The van der Waals surface area contributed by atoms with E-state index in [2.05, 4.69) is 63.2 Å². The van der Waals surface area contributed by atoms with Crippen molar-refractivity contribution >= 4 is 8.24 Å². The van der Waals surface area contributed by atoms with Gasteiger partial charge in [0, 0.05) is 5.54 Å². The predicted octanol–water partition coefficient (Wildman–Crippen LogP) is 6.30. The van der Waals surface area contributed by atoms with E-state index in [1.807, 2.05) is 0 Å². The molecule has 1 nitrogen and oxygen atoms in total. The van der Waals surface area contributed by atoms with Crippen LogP contribution in [0, 0.1) is 23.7 Å². The molecule has 0 spiro atoms. The van der Waals surface area contributed by atoms with Gasteiger partial charge in [0.1, 0.15) is 8.24 Å². The van der Waals surface area contributed by atoms with Crippen LogP contribution in [0.1, 0.15) is 65.7 Å². The highest BCUT2D eigenvalue weighted by molar-refractivity contribution is 6.76. The number of fused-ring (bicyclic) bond motifs is 1. The Balaban J connectivity index is 1.79. The lowest BCUT2D eigenvalue weighted by atomic mass is 9.82. The molecule has 0 aromatic heterocycles. The molecule has 0 radical (unpaired) electrons. The zero-order chi connectivity index (χ0) is 17.4. The first kappa shape index (κ1) is 18.4. The molecule has 0 bridgehead atoms. The van der Waals surface area contributed by atoms with Gasteiger partial charge in [0.15, 0.2) is 0 Å². The van der Waals surface area contributed by atoms with Crippen molar-refractivity contribution in [3.8, 4) is 0 Å². The molecule has 2 saturated carbocycles. The zero-order valence-corrected chi connectivity index (χ0v) is 17.6. The molecule has 0 aliphatic heterocycles. The van der Waals surface area contributed by atoms with Crippen LogP contribution < -0.4 is 4.98 Å². The Bertz CT molecular complexity index is 479.